The first kappa shape index (κ1) is 22.5. The average Bonchev–Trinajstić information content (AvgIpc) is 3.07. The van der Waals surface area contributed by atoms with Gasteiger partial charge in [0.15, 0.2) is 5.13 Å². The fraction of sp³-hybridized carbons (Fsp3) is 0.714. The Bertz CT molecular complexity index is 780. The highest BCUT2D eigenvalue weighted by molar-refractivity contribution is 7.15. The van der Waals surface area contributed by atoms with Crippen molar-refractivity contribution in [3.8, 4) is 0 Å². The summed E-state index contributed by atoms with van der Waals surface area (Å²) in [5.74, 6) is 0.0889. The third-order valence-electron chi connectivity index (χ3n) is 5.27. The molecule has 2 N–H and O–H groups in total. The molecular formula is C21H32N4O4S. The second kappa shape index (κ2) is 9.76. The maximum absolute atomic E-state index is 12.3. The number of hydrogen-bond acceptors (Lipinski definition) is 6. The largest absolute Gasteiger partial charge is 0.444 e. The molecule has 0 unspecified atom stereocenters. The number of fused-ring (bicyclic) bond motifs is 1. The Morgan fingerprint density at radius 3 is 2.60 bits per heavy atom. The zero-order valence-electron chi connectivity index (χ0n) is 18.1. The van der Waals surface area contributed by atoms with Gasteiger partial charge in [-0.15, -0.1) is 0 Å². The highest BCUT2D eigenvalue weighted by atomic mass is 32.1. The second-order valence-corrected chi connectivity index (χ2v) is 10.2. The standard InChI is InChI=1S/C21H32N4O4S/c1-21(2,3)29-20(28)25-10-9-15-16(13-25)30-19(23-15)24-18(27)12-22-17(26)11-14-7-5-4-6-8-14/h14H,4-13H2,1-3H3,(H,22,26)(H,23,24,27). The molecule has 0 bridgehead atoms. The summed E-state index contributed by atoms with van der Waals surface area (Å²) >= 11 is 1.36. The molecule has 30 heavy (non-hydrogen) atoms. The van der Waals surface area contributed by atoms with Crippen molar-refractivity contribution in [3.63, 3.8) is 0 Å². The van der Waals surface area contributed by atoms with Crippen molar-refractivity contribution in [3.05, 3.63) is 10.6 Å². The smallest absolute Gasteiger partial charge is 0.410 e. The summed E-state index contributed by atoms with van der Waals surface area (Å²) in [6.07, 6.45) is 6.63. The van der Waals surface area contributed by atoms with E-state index >= 15 is 0 Å². The first-order valence-corrected chi connectivity index (χ1v) is 11.5. The number of ether oxygens (including phenoxy) is 1. The van der Waals surface area contributed by atoms with Crippen molar-refractivity contribution >= 4 is 34.4 Å². The second-order valence-electron chi connectivity index (χ2n) is 9.07. The molecule has 2 aliphatic rings. The molecule has 166 valence electrons. The Morgan fingerprint density at radius 2 is 1.90 bits per heavy atom. The van der Waals surface area contributed by atoms with Crippen LogP contribution in [0.25, 0.3) is 0 Å². The van der Waals surface area contributed by atoms with E-state index in [4.69, 9.17) is 4.74 Å². The van der Waals surface area contributed by atoms with Crippen LogP contribution < -0.4 is 10.6 Å². The maximum atomic E-state index is 12.3. The number of carbonyl (C=O) groups excluding carboxylic acids is 3. The van der Waals surface area contributed by atoms with Crippen LogP contribution in [0.4, 0.5) is 9.93 Å². The number of thiazole rings is 1. The highest BCUT2D eigenvalue weighted by Crippen LogP contribution is 2.29. The summed E-state index contributed by atoms with van der Waals surface area (Å²) in [5, 5.41) is 5.97. The van der Waals surface area contributed by atoms with Gasteiger partial charge in [-0.2, -0.15) is 0 Å². The van der Waals surface area contributed by atoms with Gasteiger partial charge >= 0.3 is 6.09 Å². The number of anilines is 1. The van der Waals surface area contributed by atoms with Gasteiger partial charge in [0.25, 0.3) is 0 Å². The SMILES string of the molecule is CC(C)(C)OC(=O)N1CCc2nc(NC(=O)CNC(=O)CC3CCCCC3)sc2C1. The van der Waals surface area contributed by atoms with E-state index in [2.05, 4.69) is 15.6 Å². The minimum absolute atomic E-state index is 0.0557. The quantitative estimate of drug-likeness (QED) is 0.736. The van der Waals surface area contributed by atoms with Gasteiger partial charge in [-0.1, -0.05) is 30.6 Å². The van der Waals surface area contributed by atoms with Crippen LogP contribution >= 0.6 is 11.3 Å². The van der Waals surface area contributed by atoms with Crippen molar-refractivity contribution in [1.82, 2.24) is 15.2 Å². The lowest BCUT2D eigenvalue weighted by Crippen LogP contribution is -2.39. The number of amides is 3. The Hall–Kier alpha value is -2.16. The fourth-order valence-corrected chi connectivity index (χ4v) is 4.84. The minimum Gasteiger partial charge on any atom is -0.444 e. The van der Waals surface area contributed by atoms with Crippen LogP contribution in [0.2, 0.25) is 0 Å². The summed E-state index contributed by atoms with van der Waals surface area (Å²) in [6.45, 7) is 6.43. The number of nitrogens with zero attached hydrogens (tertiary/aromatic N) is 2. The third-order valence-corrected chi connectivity index (χ3v) is 6.27. The molecule has 1 saturated carbocycles. The van der Waals surface area contributed by atoms with Gasteiger partial charge in [0.2, 0.25) is 11.8 Å². The molecule has 3 rings (SSSR count). The topological polar surface area (TPSA) is 101 Å². The van der Waals surface area contributed by atoms with Crippen LogP contribution in [-0.4, -0.2) is 46.5 Å². The van der Waals surface area contributed by atoms with Gasteiger partial charge in [0.05, 0.1) is 18.8 Å². The van der Waals surface area contributed by atoms with Crippen LogP contribution in [0.5, 0.6) is 0 Å². The summed E-state index contributed by atoms with van der Waals surface area (Å²) in [6, 6.07) is 0. The summed E-state index contributed by atoms with van der Waals surface area (Å²) in [7, 11) is 0. The van der Waals surface area contributed by atoms with E-state index in [1.165, 1.54) is 30.6 Å². The normalized spacial score (nSPS) is 17.2. The molecule has 0 radical (unpaired) electrons. The number of aromatic nitrogens is 1. The average molecular weight is 437 g/mol. The van der Waals surface area contributed by atoms with Crippen molar-refractivity contribution in [2.24, 2.45) is 5.92 Å². The Balaban J connectivity index is 1.45. The van der Waals surface area contributed by atoms with Crippen LogP contribution in [0.3, 0.4) is 0 Å². The monoisotopic (exact) mass is 436 g/mol. The van der Waals surface area contributed by atoms with Crippen LogP contribution in [0, 0.1) is 5.92 Å². The summed E-state index contributed by atoms with van der Waals surface area (Å²) in [4.78, 5) is 43.6. The van der Waals surface area contributed by atoms with Gasteiger partial charge in [-0.3, -0.25) is 9.59 Å². The minimum atomic E-state index is -0.536. The predicted molar refractivity (Wildman–Crippen MR) is 115 cm³/mol. The van der Waals surface area contributed by atoms with E-state index in [9.17, 15) is 14.4 Å². The van der Waals surface area contributed by atoms with Crippen molar-refractivity contribution in [1.29, 1.82) is 0 Å². The number of carbonyl (C=O) groups is 3. The molecule has 0 spiro atoms. The lowest BCUT2D eigenvalue weighted by molar-refractivity contribution is -0.125. The molecule has 1 aromatic rings. The first-order chi connectivity index (χ1) is 14.2. The molecule has 1 aliphatic heterocycles. The lowest BCUT2D eigenvalue weighted by Gasteiger charge is -2.29. The van der Waals surface area contributed by atoms with Gasteiger partial charge in [0.1, 0.15) is 5.60 Å². The van der Waals surface area contributed by atoms with Crippen LogP contribution in [0.1, 0.15) is 69.9 Å². The van der Waals surface area contributed by atoms with E-state index in [1.807, 2.05) is 20.8 Å². The molecule has 0 saturated heterocycles. The van der Waals surface area contributed by atoms with Crippen molar-refractivity contribution in [2.75, 3.05) is 18.4 Å². The van der Waals surface area contributed by atoms with Gasteiger partial charge in [-0.05, 0) is 39.5 Å². The van der Waals surface area contributed by atoms with E-state index in [0.717, 1.165) is 23.4 Å². The molecule has 1 aliphatic carbocycles. The van der Waals surface area contributed by atoms with Crippen LogP contribution in [-0.2, 0) is 27.3 Å². The Morgan fingerprint density at radius 1 is 1.17 bits per heavy atom. The van der Waals surface area contributed by atoms with Crippen molar-refractivity contribution in [2.45, 2.75) is 77.9 Å². The Kier molecular flexibility index (Phi) is 7.33. The van der Waals surface area contributed by atoms with Gasteiger partial charge in [-0.25, -0.2) is 9.78 Å². The highest BCUT2D eigenvalue weighted by Gasteiger charge is 2.28. The molecule has 2 heterocycles. The van der Waals surface area contributed by atoms with E-state index in [0.29, 0.717) is 37.0 Å². The molecule has 3 amide bonds. The maximum Gasteiger partial charge on any atom is 0.410 e. The molecule has 8 nitrogen and oxygen atoms in total. The Labute approximate surface area is 181 Å². The zero-order chi connectivity index (χ0) is 21.7. The van der Waals surface area contributed by atoms with E-state index < -0.39 is 5.60 Å². The molecule has 1 fully saturated rings. The van der Waals surface area contributed by atoms with Crippen molar-refractivity contribution < 1.29 is 19.1 Å². The number of hydrogen-bond donors (Lipinski definition) is 2. The zero-order valence-corrected chi connectivity index (χ0v) is 18.9. The van der Waals surface area contributed by atoms with E-state index in [-0.39, 0.29) is 24.5 Å². The molecule has 0 atom stereocenters. The number of rotatable bonds is 5. The van der Waals surface area contributed by atoms with Gasteiger partial charge in [0, 0.05) is 24.3 Å². The van der Waals surface area contributed by atoms with Gasteiger partial charge < -0.3 is 20.3 Å². The molecule has 9 heteroatoms. The summed E-state index contributed by atoms with van der Waals surface area (Å²) in [5.41, 5.74) is 0.363. The molecule has 0 aromatic carbocycles. The lowest BCUT2D eigenvalue weighted by atomic mass is 9.87. The third kappa shape index (κ3) is 6.68. The van der Waals surface area contributed by atoms with Crippen LogP contribution in [0.15, 0.2) is 0 Å². The molecular weight excluding hydrogens is 404 g/mol. The number of nitrogens with one attached hydrogen (secondary N) is 2. The summed E-state index contributed by atoms with van der Waals surface area (Å²) < 4.78 is 5.43. The first-order valence-electron chi connectivity index (χ1n) is 10.7. The predicted octanol–water partition coefficient (Wildman–Crippen LogP) is 3.46. The fourth-order valence-electron chi connectivity index (χ4n) is 3.80. The van der Waals surface area contributed by atoms with E-state index in [1.54, 1.807) is 4.90 Å². The molecule has 1 aromatic heterocycles.